The van der Waals surface area contributed by atoms with Crippen LogP contribution in [0.3, 0.4) is 0 Å². The number of halogens is 1. The van der Waals surface area contributed by atoms with Crippen LogP contribution in [0.25, 0.3) is 0 Å². The fourth-order valence-electron chi connectivity index (χ4n) is 5.45. The van der Waals surface area contributed by atoms with Crippen molar-refractivity contribution in [1.29, 1.82) is 0 Å². The highest BCUT2D eigenvalue weighted by Gasteiger charge is 2.58. The maximum Gasteiger partial charge on any atom is 0.311 e. The number of carbonyl (C=O) groups excluding carboxylic acids is 3. The van der Waals surface area contributed by atoms with Crippen LogP contribution in [0.15, 0.2) is 84.9 Å². The van der Waals surface area contributed by atoms with E-state index in [0.29, 0.717) is 0 Å². The number of esters is 1. The Hall–Kier alpha value is -4.00. The molecule has 1 aliphatic heterocycles. The molecule has 7 heteroatoms. The second kappa shape index (κ2) is 11.8. The summed E-state index contributed by atoms with van der Waals surface area (Å²) >= 11 is 0. The molecule has 0 bridgehead atoms. The molecule has 1 aliphatic rings. The topological polar surface area (TPSA) is 75.7 Å². The number of hydrogen-bond donors (Lipinski definition) is 1. The van der Waals surface area contributed by atoms with Crippen LogP contribution in [0.5, 0.6) is 0 Å². The molecule has 0 aromatic heterocycles. The summed E-state index contributed by atoms with van der Waals surface area (Å²) in [6.07, 6.45) is 0.188. The fourth-order valence-corrected chi connectivity index (χ4v) is 5.45. The highest BCUT2D eigenvalue weighted by molar-refractivity contribution is 5.92. The Morgan fingerprint density at radius 2 is 1.44 bits per heavy atom. The van der Waals surface area contributed by atoms with Gasteiger partial charge in [-0.3, -0.25) is 14.4 Å². The van der Waals surface area contributed by atoms with Gasteiger partial charge in [0.2, 0.25) is 11.8 Å². The first-order valence-electron chi connectivity index (χ1n) is 13.1. The Labute approximate surface area is 229 Å². The van der Waals surface area contributed by atoms with Crippen molar-refractivity contribution in [2.24, 2.45) is 11.3 Å². The predicted molar refractivity (Wildman–Crippen MR) is 147 cm³/mol. The van der Waals surface area contributed by atoms with Crippen molar-refractivity contribution < 1.29 is 23.5 Å². The van der Waals surface area contributed by atoms with Crippen LogP contribution in [0.2, 0.25) is 0 Å². The number of nitrogens with zero attached hydrogens (tertiary/aromatic N) is 1. The zero-order valence-corrected chi connectivity index (χ0v) is 22.8. The molecule has 0 radical (unpaired) electrons. The number of ether oxygens (including phenoxy) is 1. The van der Waals surface area contributed by atoms with Gasteiger partial charge in [0.05, 0.1) is 19.1 Å². The average Bonchev–Trinajstić information content (AvgIpc) is 3.29. The largest absolute Gasteiger partial charge is 0.469 e. The quantitative estimate of drug-likeness (QED) is 0.415. The first kappa shape index (κ1) is 28.0. The second-order valence-corrected chi connectivity index (χ2v) is 11.2. The van der Waals surface area contributed by atoms with Gasteiger partial charge < -0.3 is 15.0 Å². The Morgan fingerprint density at radius 1 is 0.872 bits per heavy atom. The van der Waals surface area contributed by atoms with Crippen LogP contribution in [0, 0.1) is 17.2 Å². The Morgan fingerprint density at radius 3 is 1.97 bits per heavy atom. The Bertz CT molecular complexity index is 1290. The van der Waals surface area contributed by atoms with Crippen molar-refractivity contribution >= 4 is 17.8 Å². The normalized spacial score (nSPS) is 20.9. The van der Waals surface area contributed by atoms with Crippen LogP contribution in [-0.2, 0) is 25.7 Å². The van der Waals surface area contributed by atoms with Gasteiger partial charge in [-0.15, -0.1) is 0 Å². The molecule has 1 heterocycles. The van der Waals surface area contributed by atoms with E-state index in [2.05, 4.69) is 5.32 Å². The van der Waals surface area contributed by atoms with Gasteiger partial charge in [-0.25, -0.2) is 4.39 Å². The number of benzene rings is 3. The molecule has 1 N–H and O–H groups in total. The van der Waals surface area contributed by atoms with Gasteiger partial charge >= 0.3 is 5.97 Å². The van der Waals surface area contributed by atoms with E-state index in [4.69, 9.17) is 4.74 Å². The third-order valence-corrected chi connectivity index (χ3v) is 7.08. The highest BCUT2D eigenvalue weighted by atomic mass is 19.1. The van der Waals surface area contributed by atoms with Crippen LogP contribution in [0.1, 0.15) is 55.8 Å². The summed E-state index contributed by atoms with van der Waals surface area (Å²) in [4.78, 5) is 43.2. The molecular weight excluding hydrogens is 495 g/mol. The lowest BCUT2D eigenvalue weighted by atomic mass is 9.80. The predicted octanol–water partition coefficient (Wildman–Crippen LogP) is 5.40. The molecule has 1 saturated heterocycles. The van der Waals surface area contributed by atoms with E-state index < -0.39 is 29.9 Å². The van der Waals surface area contributed by atoms with Gasteiger partial charge in [0.25, 0.3) is 0 Å². The van der Waals surface area contributed by atoms with Crippen molar-refractivity contribution in [2.45, 2.75) is 51.7 Å². The maximum absolute atomic E-state index is 14.1. The smallest absolute Gasteiger partial charge is 0.311 e. The first-order chi connectivity index (χ1) is 18.6. The highest BCUT2D eigenvalue weighted by Crippen LogP contribution is 2.51. The van der Waals surface area contributed by atoms with E-state index in [1.165, 1.54) is 19.2 Å². The van der Waals surface area contributed by atoms with Gasteiger partial charge in [0.1, 0.15) is 11.9 Å². The van der Waals surface area contributed by atoms with Crippen molar-refractivity contribution in [3.63, 3.8) is 0 Å². The summed E-state index contributed by atoms with van der Waals surface area (Å²) < 4.78 is 18.7. The third-order valence-electron chi connectivity index (χ3n) is 7.08. The first-order valence-corrected chi connectivity index (χ1v) is 13.1. The molecule has 204 valence electrons. The molecule has 2 amide bonds. The second-order valence-electron chi connectivity index (χ2n) is 11.2. The SMILES string of the molecule is COC(=O)C1C(c2ccccc2)C(C(=O)NCc2ccc(F)cc2)N(C(=O)CC(C)(C)C)C1c1ccccc1. The Kier molecular flexibility index (Phi) is 8.48. The van der Waals surface area contributed by atoms with Gasteiger partial charge in [0.15, 0.2) is 0 Å². The molecular formula is C32H35FN2O4. The molecule has 4 unspecified atom stereocenters. The van der Waals surface area contributed by atoms with Crippen molar-refractivity contribution in [3.8, 4) is 0 Å². The summed E-state index contributed by atoms with van der Waals surface area (Å²) in [5, 5.41) is 2.95. The minimum absolute atomic E-state index is 0.150. The third kappa shape index (κ3) is 6.36. The van der Waals surface area contributed by atoms with Crippen LogP contribution in [-0.4, -0.2) is 35.8 Å². The van der Waals surface area contributed by atoms with Crippen molar-refractivity contribution in [3.05, 3.63) is 107 Å². The van der Waals surface area contributed by atoms with E-state index in [-0.39, 0.29) is 36.0 Å². The van der Waals surface area contributed by atoms with E-state index in [1.54, 1.807) is 17.0 Å². The maximum atomic E-state index is 14.1. The summed E-state index contributed by atoms with van der Waals surface area (Å²) in [6, 6.07) is 22.9. The summed E-state index contributed by atoms with van der Waals surface area (Å²) in [5.41, 5.74) is 1.89. The van der Waals surface area contributed by atoms with Gasteiger partial charge in [-0.05, 0) is 34.2 Å². The van der Waals surface area contributed by atoms with Crippen molar-refractivity contribution in [2.75, 3.05) is 7.11 Å². The molecule has 0 aliphatic carbocycles. The number of carbonyl (C=O) groups is 3. The number of likely N-dealkylation sites (tertiary alicyclic amines) is 1. The zero-order chi connectivity index (χ0) is 28.2. The average molecular weight is 531 g/mol. The van der Waals surface area contributed by atoms with Gasteiger partial charge in [-0.1, -0.05) is 93.6 Å². The van der Waals surface area contributed by atoms with Gasteiger partial charge in [0, 0.05) is 18.9 Å². The molecule has 3 aromatic carbocycles. The van der Waals surface area contributed by atoms with Crippen LogP contribution >= 0.6 is 0 Å². The Balaban J connectivity index is 1.85. The molecule has 1 fully saturated rings. The molecule has 4 atom stereocenters. The van der Waals surface area contributed by atoms with E-state index in [9.17, 15) is 18.8 Å². The van der Waals surface area contributed by atoms with Gasteiger partial charge in [-0.2, -0.15) is 0 Å². The number of amides is 2. The molecule has 0 saturated carbocycles. The lowest BCUT2D eigenvalue weighted by Crippen LogP contribution is -2.49. The number of nitrogens with one attached hydrogen (secondary N) is 1. The van der Waals surface area contributed by atoms with Crippen LogP contribution < -0.4 is 5.32 Å². The molecule has 3 aromatic rings. The van der Waals surface area contributed by atoms with Crippen molar-refractivity contribution in [1.82, 2.24) is 10.2 Å². The minimum Gasteiger partial charge on any atom is -0.469 e. The van der Waals surface area contributed by atoms with E-state index >= 15 is 0 Å². The van der Waals surface area contributed by atoms with Crippen LogP contribution in [0.4, 0.5) is 4.39 Å². The van der Waals surface area contributed by atoms with E-state index in [0.717, 1.165) is 16.7 Å². The summed E-state index contributed by atoms with van der Waals surface area (Å²) in [5.74, 6) is -2.92. The number of methoxy groups -OCH3 is 1. The monoisotopic (exact) mass is 530 g/mol. The minimum atomic E-state index is -0.975. The summed E-state index contributed by atoms with van der Waals surface area (Å²) in [6.45, 7) is 6.05. The lowest BCUT2D eigenvalue weighted by molar-refractivity contribution is -0.148. The summed E-state index contributed by atoms with van der Waals surface area (Å²) in [7, 11) is 1.33. The zero-order valence-electron chi connectivity index (χ0n) is 22.8. The molecule has 0 spiro atoms. The standard InChI is InChI=1S/C32H35FN2O4/c1-32(2,3)19-25(36)35-28(23-13-9-6-10-14-23)27(31(38)39-4)26(22-11-7-5-8-12-22)29(35)30(37)34-20-21-15-17-24(33)18-16-21/h5-18,26-29H,19-20H2,1-4H3,(H,34,37). The fraction of sp³-hybridized carbons (Fsp3) is 0.344. The molecule has 4 rings (SSSR count). The molecule has 39 heavy (non-hydrogen) atoms. The number of rotatable bonds is 7. The number of hydrogen-bond acceptors (Lipinski definition) is 4. The lowest BCUT2D eigenvalue weighted by Gasteiger charge is -2.33. The molecule has 6 nitrogen and oxygen atoms in total. The van der Waals surface area contributed by atoms with E-state index in [1.807, 2.05) is 81.4 Å².